The zero-order valence-electron chi connectivity index (χ0n) is 14.3. The number of hydrogen-bond donors (Lipinski definition) is 0. The first-order valence-electron chi connectivity index (χ1n) is 8.17. The minimum absolute atomic E-state index is 0.249. The molecule has 0 N–H and O–H groups in total. The van der Waals surface area contributed by atoms with Gasteiger partial charge in [0.1, 0.15) is 5.75 Å². The van der Waals surface area contributed by atoms with Gasteiger partial charge in [-0.05, 0) is 29.3 Å². The smallest absolute Gasteiger partial charge is 0.338 e. The van der Waals surface area contributed by atoms with Gasteiger partial charge in [-0.2, -0.15) is 0 Å². The number of rotatable bonds is 6. The van der Waals surface area contributed by atoms with Crippen molar-refractivity contribution in [2.75, 3.05) is 13.7 Å². The number of carbonyl (C=O) groups excluding carboxylic acids is 2. The van der Waals surface area contributed by atoms with Crippen LogP contribution in [0.4, 0.5) is 0 Å². The van der Waals surface area contributed by atoms with E-state index in [1.807, 2.05) is 42.5 Å². The fourth-order valence-electron chi connectivity index (χ4n) is 2.53. The van der Waals surface area contributed by atoms with Crippen LogP contribution >= 0.6 is 0 Å². The summed E-state index contributed by atoms with van der Waals surface area (Å²) in [7, 11) is 1.52. The first-order chi connectivity index (χ1) is 12.7. The van der Waals surface area contributed by atoms with Gasteiger partial charge in [-0.15, -0.1) is 0 Å². The van der Waals surface area contributed by atoms with Gasteiger partial charge >= 0.3 is 5.97 Å². The molecule has 130 valence electrons. The van der Waals surface area contributed by atoms with E-state index in [2.05, 4.69) is 0 Å². The lowest BCUT2D eigenvalue weighted by atomic mass is 10.0. The summed E-state index contributed by atoms with van der Waals surface area (Å²) in [5, 5.41) is 0. The van der Waals surface area contributed by atoms with Crippen molar-refractivity contribution in [3.8, 4) is 16.9 Å². The summed E-state index contributed by atoms with van der Waals surface area (Å²) in [6.45, 7) is -0.305. The number of carbonyl (C=O) groups is 2. The van der Waals surface area contributed by atoms with Crippen LogP contribution in [0.5, 0.6) is 5.75 Å². The molecule has 3 aromatic rings. The highest BCUT2D eigenvalue weighted by Gasteiger charge is 2.12. The van der Waals surface area contributed by atoms with E-state index in [0.717, 1.165) is 11.1 Å². The van der Waals surface area contributed by atoms with E-state index in [9.17, 15) is 9.59 Å². The van der Waals surface area contributed by atoms with Crippen LogP contribution in [0.25, 0.3) is 11.1 Å². The summed E-state index contributed by atoms with van der Waals surface area (Å²) in [5.74, 6) is -0.249. The summed E-state index contributed by atoms with van der Waals surface area (Å²) in [6, 6.07) is 23.8. The lowest BCUT2D eigenvalue weighted by Gasteiger charge is -2.07. The molecular weight excluding hydrogens is 328 g/mol. The maximum Gasteiger partial charge on any atom is 0.338 e. The molecule has 0 bridgehead atoms. The van der Waals surface area contributed by atoms with Gasteiger partial charge in [0, 0.05) is 5.56 Å². The van der Waals surface area contributed by atoms with E-state index < -0.39 is 5.97 Å². The molecule has 0 radical (unpaired) electrons. The molecule has 4 heteroatoms. The number of hydrogen-bond acceptors (Lipinski definition) is 4. The van der Waals surface area contributed by atoms with Gasteiger partial charge in [-0.25, -0.2) is 4.79 Å². The topological polar surface area (TPSA) is 52.6 Å². The van der Waals surface area contributed by atoms with Crippen molar-refractivity contribution in [1.29, 1.82) is 0 Å². The lowest BCUT2D eigenvalue weighted by Crippen LogP contribution is -2.14. The highest BCUT2D eigenvalue weighted by atomic mass is 16.5. The second-order valence-electron chi connectivity index (χ2n) is 5.67. The second kappa shape index (κ2) is 8.12. The molecule has 0 aliphatic carbocycles. The maximum atomic E-state index is 12.2. The molecule has 0 aromatic heterocycles. The number of ketones is 1. The molecule has 4 nitrogen and oxygen atoms in total. The maximum absolute atomic E-state index is 12.2. The van der Waals surface area contributed by atoms with E-state index in [4.69, 9.17) is 9.47 Å². The summed E-state index contributed by atoms with van der Waals surface area (Å²) in [6.07, 6.45) is 0. The van der Waals surface area contributed by atoms with Gasteiger partial charge in [-0.1, -0.05) is 60.7 Å². The third-order valence-electron chi connectivity index (χ3n) is 3.95. The van der Waals surface area contributed by atoms with E-state index in [1.165, 1.54) is 7.11 Å². The molecule has 3 rings (SSSR count). The van der Waals surface area contributed by atoms with Crippen LogP contribution in [0.3, 0.4) is 0 Å². The SMILES string of the molecule is COc1cccc(C(=O)OCC(=O)c2ccc(-c3ccccc3)cc2)c1. The molecule has 0 amide bonds. The van der Waals surface area contributed by atoms with Crippen LogP contribution < -0.4 is 4.74 Å². The lowest BCUT2D eigenvalue weighted by molar-refractivity contribution is 0.0474. The van der Waals surface area contributed by atoms with Gasteiger partial charge in [0.15, 0.2) is 12.4 Å². The third kappa shape index (κ3) is 4.16. The van der Waals surface area contributed by atoms with Crippen molar-refractivity contribution in [1.82, 2.24) is 0 Å². The van der Waals surface area contributed by atoms with Crippen molar-refractivity contribution in [3.05, 3.63) is 90.0 Å². The quantitative estimate of drug-likeness (QED) is 0.490. The van der Waals surface area contributed by atoms with Crippen LogP contribution in [-0.4, -0.2) is 25.5 Å². The van der Waals surface area contributed by atoms with E-state index in [0.29, 0.717) is 16.9 Å². The van der Waals surface area contributed by atoms with Crippen molar-refractivity contribution < 1.29 is 19.1 Å². The summed E-state index contributed by atoms with van der Waals surface area (Å²) in [5.41, 5.74) is 2.95. The Morgan fingerprint density at radius 3 is 2.15 bits per heavy atom. The standard InChI is InChI=1S/C22H18O4/c1-25-20-9-5-8-19(14-20)22(24)26-15-21(23)18-12-10-17(11-13-18)16-6-3-2-4-7-16/h2-14H,15H2,1H3. The molecule has 0 unspecified atom stereocenters. The summed E-state index contributed by atoms with van der Waals surface area (Å²) in [4.78, 5) is 24.3. The van der Waals surface area contributed by atoms with Gasteiger partial charge in [0.05, 0.1) is 12.7 Å². The molecular formula is C22H18O4. The largest absolute Gasteiger partial charge is 0.497 e. The number of ether oxygens (including phenoxy) is 2. The highest BCUT2D eigenvalue weighted by molar-refractivity contribution is 5.99. The average Bonchev–Trinajstić information content (AvgIpc) is 2.72. The Morgan fingerprint density at radius 2 is 1.46 bits per heavy atom. The van der Waals surface area contributed by atoms with Crippen LogP contribution in [0.15, 0.2) is 78.9 Å². The molecule has 0 spiro atoms. The van der Waals surface area contributed by atoms with Crippen LogP contribution in [0.2, 0.25) is 0 Å². The Hall–Kier alpha value is -3.40. The second-order valence-corrected chi connectivity index (χ2v) is 5.67. The number of methoxy groups -OCH3 is 1. The molecule has 3 aromatic carbocycles. The molecule has 0 saturated carbocycles. The van der Waals surface area contributed by atoms with E-state index in [-0.39, 0.29) is 12.4 Å². The Kier molecular flexibility index (Phi) is 5.44. The van der Waals surface area contributed by atoms with Crippen molar-refractivity contribution in [2.24, 2.45) is 0 Å². The fraction of sp³-hybridized carbons (Fsp3) is 0.0909. The van der Waals surface area contributed by atoms with Crippen molar-refractivity contribution >= 4 is 11.8 Å². The normalized spacial score (nSPS) is 10.2. The molecule has 26 heavy (non-hydrogen) atoms. The number of Topliss-reactive ketones (excluding diaryl/α,β-unsaturated/α-hetero) is 1. The molecule has 0 aliphatic rings. The third-order valence-corrected chi connectivity index (χ3v) is 3.95. The van der Waals surface area contributed by atoms with Crippen molar-refractivity contribution in [3.63, 3.8) is 0 Å². The molecule has 0 aliphatic heterocycles. The first kappa shape index (κ1) is 17.4. The minimum Gasteiger partial charge on any atom is -0.497 e. The fourth-order valence-corrected chi connectivity index (χ4v) is 2.53. The molecule has 0 atom stereocenters. The number of benzene rings is 3. The average molecular weight is 346 g/mol. The Labute approximate surface area is 152 Å². The highest BCUT2D eigenvalue weighted by Crippen LogP contribution is 2.19. The van der Waals surface area contributed by atoms with E-state index >= 15 is 0 Å². The van der Waals surface area contributed by atoms with Gasteiger partial charge in [0.25, 0.3) is 0 Å². The first-order valence-corrected chi connectivity index (χ1v) is 8.17. The number of esters is 1. The van der Waals surface area contributed by atoms with E-state index in [1.54, 1.807) is 36.4 Å². The Bertz CT molecular complexity index is 899. The van der Waals surface area contributed by atoms with Crippen LogP contribution in [0, 0.1) is 0 Å². The monoisotopic (exact) mass is 346 g/mol. The van der Waals surface area contributed by atoms with Gasteiger partial charge in [-0.3, -0.25) is 4.79 Å². The predicted octanol–water partition coefficient (Wildman–Crippen LogP) is 4.40. The summed E-state index contributed by atoms with van der Waals surface area (Å²) < 4.78 is 10.2. The van der Waals surface area contributed by atoms with Gasteiger partial charge < -0.3 is 9.47 Å². The zero-order valence-corrected chi connectivity index (χ0v) is 14.3. The Balaban J connectivity index is 1.62. The van der Waals surface area contributed by atoms with Crippen LogP contribution in [-0.2, 0) is 4.74 Å². The molecule has 0 heterocycles. The predicted molar refractivity (Wildman–Crippen MR) is 99.5 cm³/mol. The van der Waals surface area contributed by atoms with Crippen LogP contribution in [0.1, 0.15) is 20.7 Å². The Morgan fingerprint density at radius 1 is 0.769 bits per heavy atom. The zero-order chi connectivity index (χ0) is 18.4. The van der Waals surface area contributed by atoms with Gasteiger partial charge in [0.2, 0.25) is 0 Å². The minimum atomic E-state index is -0.557. The summed E-state index contributed by atoms with van der Waals surface area (Å²) >= 11 is 0. The molecule has 0 fully saturated rings. The van der Waals surface area contributed by atoms with Crippen molar-refractivity contribution in [2.45, 2.75) is 0 Å². The molecule has 0 saturated heterocycles.